The lowest BCUT2D eigenvalue weighted by atomic mass is 10.1. The van der Waals surface area contributed by atoms with Gasteiger partial charge >= 0.3 is 0 Å². The Morgan fingerprint density at radius 2 is 1.85 bits per heavy atom. The van der Waals surface area contributed by atoms with E-state index < -0.39 is 0 Å². The summed E-state index contributed by atoms with van der Waals surface area (Å²) in [4.78, 5) is 7.65. The maximum absolute atomic E-state index is 6.24. The number of nitrogens with zero attached hydrogens (tertiary/aromatic N) is 1. The Balaban J connectivity index is 1.43. The second-order valence-corrected chi connectivity index (χ2v) is 6.61. The Labute approximate surface area is 157 Å². The molecule has 4 aromatic rings. The van der Waals surface area contributed by atoms with Crippen molar-refractivity contribution >= 4 is 22.6 Å². The number of benzene rings is 2. The van der Waals surface area contributed by atoms with Crippen LogP contribution in [-0.2, 0) is 6.42 Å². The average molecular weight is 363 g/mol. The van der Waals surface area contributed by atoms with Gasteiger partial charge in [-0.2, -0.15) is 0 Å². The minimum absolute atomic E-state index is 0.693. The van der Waals surface area contributed by atoms with E-state index in [0.717, 1.165) is 40.9 Å². The van der Waals surface area contributed by atoms with E-state index in [1.807, 2.05) is 30.3 Å². The summed E-state index contributed by atoms with van der Waals surface area (Å²) in [6, 6.07) is 22.4. The predicted molar refractivity (Wildman–Crippen MR) is 107 cm³/mol. The number of halogens is 1. The van der Waals surface area contributed by atoms with Crippen molar-refractivity contribution in [2.75, 3.05) is 6.61 Å². The molecule has 26 heavy (non-hydrogen) atoms. The third-order valence-corrected chi connectivity index (χ3v) is 4.67. The fourth-order valence-corrected chi connectivity index (χ4v) is 3.21. The van der Waals surface area contributed by atoms with Crippen LogP contribution in [0.25, 0.3) is 22.3 Å². The van der Waals surface area contributed by atoms with E-state index in [1.54, 1.807) is 12.3 Å². The lowest BCUT2D eigenvalue weighted by molar-refractivity contribution is 0.311. The van der Waals surface area contributed by atoms with E-state index in [-0.39, 0.29) is 0 Å². The zero-order chi connectivity index (χ0) is 17.8. The normalized spacial score (nSPS) is 11.0. The summed E-state index contributed by atoms with van der Waals surface area (Å²) in [6.45, 7) is 0.693. The Morgan fingerprint density at radius 1 is 0.962 bits per heavy atom. The molecule has 0 saturated carbocycles. The third-order valence-electron chi connectivity index (χ3n) is 4.35. The molecule has 0 amide bonds. The number of ether oxygens (including phenoxy) is 1. The first-order valence-corrected chi connectivity index (χ1v) is 9.08. The fourth-order valence-electron chi connectivity index (χ4n) is 3.01. The van der Waals surface area contributed by atoms with Gasteiger partial charge in [0, 0.05) is 22.8 Å². The zero-order valence-corrected chi connectivity index (χ0v) is 15.0. The fraction of sp³-hybridized carbons (Fsp3) is 0.136. The van der Waals surface area contributed by atoms with Crippen molar-refractivity contribution in [2.45, 2.75) is 12.8 Å². The molecule has 2 heterocycles. The maximum atomic E-state index is 6.24. The standard InChI is InChI=1S/C22H19ClN2O/c23-20-11-12-24-22-19(20)15-21(25-22)17-9-4-10-18(14-17)26-13-5-8-16-6-2-1-3-7-16/h1-4,6-7,9-12,14-15H,5,8,13H2,(H,24,25). The van der Waals surface area contributed by atoms with Crippen LogP contribution >= 0.6 is 11.6 Å². The van der Waals surface area contributed by atoms with Gasteiger partial charge in [0.25, 0.3) is 0 Å². The molecule has 0 bridgehead atoms. The maximum Gasteiger partial charge on any atom is 0.139 e. The number of fused-ring (bicyclic) bond motifs is 1. The SMILES string of the molecule is Clc1ccnc2[nH]c(-c3cccc(OCCCc4ccccc4)c3)cc12. The van der Waals surface area contributed by atoms with Crippen LogP contribution in [0, 0.1) is 0 Å². The van der Waals surface area contributed by atoms with E-state index in [9.17, 15) is 0 Å². The molecule has 0 radical (unpaired) electrons. The highest BCUT2D eigenvalue weighted by Gasteiger charge is 2.08. The highest BCUT2D eigenvalue weighted by Crippen LogP contribution is 2.29. The highest BCUT2D eigenvalue weighted by atomic mass is 35.5. The lowest BCUT2D eigenvalue weighted by Crippen LogP contribution is -1.99. The molecule has 4 rings (SSSR count). The number of rotatable bonds is 6. The smallest absolute Gasteiger partial charge is 0.139 e. The second-order valence-electron chi connectivity index (χ2n) is 6.20. The molecule has 130 valence electrons. The molecular weight excluding hydrogens is 344 g/mol. The van der Waals surface area contributed by atoms with Crippen molar-refractivity contribution in [3.8, 4) is 17.0 Å². The van der Waals surface area contributed by atoms with Crippen LogP contribution in [-0.4, -0.2) is 16.6 Å². The van der Waals surface area contributed by atoms with E-state index >= 15 is 0 Å². The number of aryl methyl sites for hydroxylation is 1. The topological polar surface area (TPSA) is 37.9 Å². The Kier molecular flexibility index (Phi) is 4.89. The lowest BCUT2D eigenvalue weighted by Gasteiger charge is -2.08. The zero-order valence-electron chi connectivity index (χ0n) is 14.3. The molecule has 0 atom stereocenters. The van der Waals surface area contributed by atoms with Gasteiger partial charge in [0.15, 0.2) is 0 Å². The minimum Gasteiger partial charge on any atom is -0.494 e. The van der Waals surface area contributed by atoms with Crippen molar-refractivity contribution in [2.24, 2.45) is 0 Å². The highest BCUT2D eigenvalue weighted by molar-refractivity contribution is 6.35. The number of aromatic amines is 1. The summed E-state index contributed by atoms with van der Waals surface area (Å²) in [5.74, 6) is 0.869. The first-order valence-electron chi connectivity index (χ1n) is 8.70. The number of aromatic nitrogens is 2. The van der Waals surface area contributed by atoms with Crippen molar-refractivity contribution in [1.82, 2.24) is 9.97 Å². The summed E-state index contributed by atoms with van der Waals surface area (Å²) < 4.78 is 5.93. The van der Waals surface area contributed by atoms with Crippen LogP contribution in [0.4, 0.5) is 0 Å². The quantitative estimate of drug-likeness (QED) is 0.434. The molecule has 0 aliphatic carbocycles. The van der Waals surface area contributed by atoms with Gasteiger partial charge in [-0.25, -0.2) is 4.98 Å². The molecule has 1 N–H and O–H groups in total. The molecule has 2 aromatic heterocycles. The Morgan fingerprint density at radius 3 is 2.69 bits per heavy atom. The third kappa shape index (κ3) is 3.73. The van der Waals surface area contributed by atoms with Gasteiger partial charge < -0.3 is 9.72 Å². The van der Waals surface area contributed by atoms with Crippen LogP contribution in [0.15, 0.2) is 72.9 Å². The van der Waals surface area contributed by atoms with Crippen LogP contribution < -0.4 is 4.74 Å². The first-order chi connectivity index (χ1) is 12.8. The van der Waals surface area contributed by atoms with Gasteiger partial charge in [0.2, 0.25) is 0 Å². The number of hydrogen-bond acceptors (Lipinski definition) is 2. The van der Waals surface area contributed by atoms with Gasteiger partial charge in [0.1, 0.15) is 11.4 Å². The second kappa shape index (κ2) is 7.63. The molecule has 4 heteroatoms. The van der Waals surface area contributed by atoms with Gasteiger partial charge in [-0.1, -0.05) is 54.1 Å². The summed E-state index contributed by atoms with van der Waals surface area (Å²) in [6.07, 6.45) is 3.71. The number of hydrogen-bond donors (Lipinski definition) is 1. The van der Waals surface area contributed by atoms with Crippen molar-refractivity contribution in [3.05, 3.63) is 83.5 Å². The Hall–Kier alpha value is -2.78. The average Bonchev–Trinajstić information content (AvgIpc) is 3.12. The number of pyridine rings is 1. The number of H-pyrrole nitrogens is 1. The van der Waals surface area contributed by atoms with E-state index in [1.165, 1.54) is 5.56 Å². The largest absolute Gasteiger partial charge is 0.494 e. The monoisotopic (exact) mass is 362 g/mol. The summed E-state index contributed by atoms with van der Waals surface area (Å²) in [7, 11) is 0. The molecule has 0 fully saturated rings. The van der Waals surface area contributed by atoms with E-state index in [2.05, 4.69) is 40.3 Å². The molecular formula is C22H19ClN2O. The van der Waals surface area contributed by atoms with Crippen LogP contribution in [0.2, 0.25) is 5.02 Å². The van der Waals surface area contributed by atoms with E-state index in [4.69, 9.17) is 16.3 Å². The Bertz CT molecular complexity index is 1010. The predicted octanol–water partition coefficient (Wildman–Crippen LogP) is 5.89. The van der Waals surface area contributed by atoms with Crippen LogP contribution in [0.1, 0.15) is 12.0 Å². The van der Waals surface area contributed by atoms with Gasteiger partial charge in [0.05, 0.1) is 11.6 Å². The first kappa shape index (κ1) is 16.7. The van der Waals surface area contributed by atoms with Gasteiger partial charge in [-0.05, 0) is 42.7 Å². The van der Waals surface area contributed by atoms with Crippen molar-refractivity contribution < 1.29 is 4.74 Å². The molecule has 0 aliphatic rings. The van der Waals surface area contributed by atoms with E-state index in [0.29, 0.717) is 11.6 Å². The number of nitrogens with one attached hydrogen (secondary N) is 1. The molecule has 0 saturated heterocycles. The van der Waals surface area contributed by atoms with Crippen molar-refractivity contribution in [1.29, 1.82) is 0 Å². The minimum atomic E-state index is 0.693. The summed E-state index contributed by atoms with van der Waals surface area (Å²) >= 11 is 6.24. The molecule has 3 nitrogen and oxygen atoms in total. The van der Waals surface area contributed by atoms with Crippen LogP contribution in [0.5, 0.6) is 5.75 Å². The molecule has 0 unspecified atom stereocenters. The molecule has 0 aliphatic heterocycles. The summed E-state index contributed by atoms with van der Waals surface area (Å²) in [5, 5.41) is 1.63. The van der Waals surface area contributed by atoms with Crippen LogP contribution in [0.3, 0.4) is 0 Å². The van der Waals surface area contributed by atoms with Crippen molar-refractivity contribution in [3.63, 3.8) is 0 Å². The van der Waals surface area contributed by atoms with Gasteiger partial charge in [-0.15, -0.1) is 0 Å². The van der Waals surface area contributed by atoms with Gasteiger partial charge in [-0.3, -0.25) is 0 Å². The summed E-state index contributed by atoms with van der Waals surface area (Å²) in [5.41, 5.74) is 4.17. The molecule has 2 aromatic carbocycles. The molecule has 0 spiro atoms.